The molecule has 9 heteroatoms. The molecular formula is C15H23ClN4O4. The van der Waals surface area contributed by atoms with Gasteiger partial charge in [-0.1, -0.05) is 19.9 Å². The van der Waals surface area contributed by atoms with Crippen molar-refractivity contribution in [3.63, 3.8) is 0 Å². The van der Waals surface area contributed by atoms with Crippen LogP contribution in [0.4, 0.5) is 5.69 Å². The Morgan fingerprint density at radius 1 is 1.25 bits per heavy atom. The number of carbonyl (C=O) groups is 3. The number of rotatable bonds is 8. The standard InChI is InChI=1S/C15H22N4O4.ClH/c1-9(2)14(17)15(22)18-7-13(21)19-10-4-3-5-11(6-10)23-8-12(16)20;/h3-6,9,14H,7-8,17H2,1-2H3,(H2,16,20)(H,18,22)(H,19,21);1H/t14-;/m0./s1. The van der Waals surface area contributed by atoms with E-state index >= 15 is 0 Å². The molecule has 0 heterocycles. The third kappa shape index (κ3) is 7.80. The van der Waals surface area contributed by atoms with Gasteiger partial charge in [-0.25, -0.2) is 0 Å². The highest BCUT2D eigenvalue weighted by atomic mass is 35.5. The van der Waals surface area contributed by atoms with E-state index in [4.69, 9.17) is 16.2 Å². The Hall–Kier alpha value is -2.32. The third-order valence-electron chi connectivity index (χ3n) is 2.94. The van der Waals surface area contributed by atoms with Crippen molar-refractivity contribution in [1.82, 2.24) is 5.32 Å². The average Bonchev–Trinajstić information content (AvgIpc) is 2.50. The van der Waals surface area contributed by atoms with Crippen molar-refractivity contribution in [2.75, 3.05) is 18.5 Å². The monoisotopic (exact) mass is 358 g/mol. The molecule has 6 N–H and O–H groups in total. The van der Waals surface area contributed by atoms with Crippen LogP contribution in [0.25, 0.3) is 0 Å². The molecule has 0 aromatic heterocycles. The number of anilines is 1. The van der Waals surface area contributed by atoms with Crippen LogP contribution < -0.4 is 26.8 Å². The van der Waals surface area contributed by atoms with Gasteiger partial charge < -0.3 is 26.8 Å². The van der Waals surface area contributed by atoms with Crippen molar-refractivity contribution in [3.05, 3.63) is 24.3 Å². The second kappa shape index (κ2) is 10.5. The summed E-state index contributed by atoms with van der Waals surface area (Å²) in [5.41, 5.74) is 11.1. The van der Waals surface area contributed by atoms with Crippen molar-refractivity contribution in [2.45, 2.75) is 19.9 Å². The van der Waals surface area contributed by atoms with Gasteiger partial charge in [-0.3, -0.25) is 14.4 Å². The van der Waals surface area contributed by atoms with Crippen LogP contribution in [0.15, 0.2) is 24.3 Å². The summed E-state index contributed by atoms with van der Waals surface area (Å²) in [6.07, 6.45) is 0. The summed E-state index contributed by atoms with van der Waals surface area (Å²) in [4.78, 5) is 34.1. The van der Waals surface area contributed by atoms with Crippen LogP contribution in [0.1, 0.15) is 13.8 Å². The van der Waals surface area contributed by atoms with Crippen molar-refractivity contribution in [1.29, 1.82) is 0 Å². The van der Waals surface area contributed by atoms with Gasteiger partial charge in [0.1, 0.15) is 5.75 Å². The third-order valence-corrected chi connectivity index (χ3v) is 2.94. The normalized spacial score (nSPS) is 11.2. The average molecular weight is 359 g/mol. The Labute approximate surface area is 146 Å². The summed E-state index contributed by atoms with van der Waals surface area (Å²) in [6.45, 7) is 3.20. The molecule has 1 aromatic rings. The molecule has 0 radical (unpaired) electrons. The maximum Gasteiger partial charge on any atom is 0.255 e. The number of hydrogen-bond donors (Lipinski definition) is 4. The highest BCUT2D eigenvalue weighted by molar-refractivity contribution is 5.95. The molecule has 0 aliphatic carbocycles. The van der Waals surface area contributed by atoms with E-state index in [0.29, 0.717) is 11.4 Å². The first-order valence-electron chi connectivity index (χ1n) is 7.14. The molecule has 1 aromatic carbocycles. The SMILES string of the molecule is CC(C)[C@H](N)C(=O)NCC(=O)Nc1cccc(OCC(N)=O)c1.Cl. The number of benzene rings is 1. The molecule has 3 amide bonds. The first kappa shape index (κ1) is 21.7. The summed E-state index contributed by atoms with van der Waals surface area (Å²) < 4.78 is 5.13. The Morgan fingerprint density at radius 2 is 1.92 bits per heavy atom. The number of halogens is 1. The summed E-state index contributed by atoms with van der Waals surface area (Å²) in [5.74, 6) is -0.997. The van der Waals surface area contributed by atoms with Gasteiger partial charge >= 0.3 is 0 Å². The molecule has 24 heavy (non-hydrogen) atoms. The van der Waals surface area contributed by atoms with E-state index in [1.54, 1.807) is 24.3 Å². The van der Waals surface area contributed by atoms with Gasteiger partial charge in [0.2, 0.25) is 11.8 Å². The van der Waals surface area contributed by atoms with Crippen molar-refractivity contribution in [3.8, 4) is 5.75 Å². The minimum Gasteiger partial charge on any atom is -0.484 e. The Balaban J connectivity index is 0.00000529. The van der Waals surface area contributed by atoms with Crippen LogP contribution >= 0.6 is 12.4 Å². The molecule has 0 saturated carbocycles. The van der Waals surface area contributed by atoms with E-state index in [9.17, 15) is 14.4 Å². The van der Waals surface area contributed by atoms with E-state index in [1.807, 2.05) is 13.8 Å². The fourth-order valence-electron chi connectivity index (χ4n) is 1.61. The van der Waals surface area contributed by atoms with E-state index in [2.05, 4.69) is 10.6 Å². The quantitative estimate of drug-likeness (QED) is 0.519. The fraction of sp³-hybridized carbons (Fsp3) is 0.400. The summed E-state index contributed by atoms with van der Waals surface area (Å²) in [5, 5.41) is 5.07. The molecule has 0 fully saturated rings. The van der Waals surface area contributed by atoms with Gasteiger partial charge in [-0.05, 0) is 18.1 Å². The number of amides is 3. The highest BCUT2D eigenvalue weighted by Gasteiger charge is 2.17. The van der Waals surface area contributed by atoms with E-state index in [-0.39, 0.29) is 37.4 Å². The predicted octanol–water partition coefficient (Wildman–Crippen LogP) is 0.0105. The summed E-state index contributed by atoms with van der Waals surface area (Å²) in [7, 11) is 0. The summed E-state index contributed by atoms with van der Waals surface area (Å²) >= 11 is 0. The smallest absolute Gasteiger partial charge is 0.255 e. The number of carbonyl (C=O) groups excluding carboxylic acids is 3. The lowest BCUT2D eigenvalue weighted by Crippen LogP contribution is -2.46. The van der Waals surface area contributed by atoms with Gasteiger partial charge in [0.05, 0.1) is 12.6 Å². The lowest BCUT2D eigenvalue weighted by atomic mass is 10.1. The fourth-order valence-corrected chi connectivity index (χ4v) is 1.61. The van der Waals surface area contributed by atoms with Crippen LogP contribution in [-0.4, -0.2) is 36.9 Å². The number of primary amides is 1. The Bertz CT molecular complexity index is 580. The largest absolute Gasteiger partial charge is 0.484 e. The molecule has 0 bridgehead atoms. The second-order valence-corrected chi connectivity index (χ2v) is 5.32. The molecule has 0 unspecified atom stereocenters. The molecule has 0 aliphatic rings. The minimum atomic E-state index is -0.659. The zero-order valence-electron chi connectivity index (χ0n) is 13.6. The first-order chi connectivity index (χ1) is 10.8. The van der Waals surface area contributed by atoms with E-state index in [1.165, 1.54) is 0 Å². The zero-order chi connectivity index (χ0) is 17.4. The van der Waals surface area contributed by atoms with Crippen molar-refractivity contribution in [2.24, 2.45) is 17.4 Å². The highest BCUT2D eigenvalue weighted by Crippen LogP contribution is 2.17. The van der Waals surface area contributed by atoms with Crippen molar-refractivity contribution >= 4 is 35.8 Å². The molecule has 1 atom stereocenters. The maximum absolute atomic E-state index is 11.8. The molecule has 1 rings (SSSR count). The lowest BCUT2D eigenvalue weighted by molar-refractivity contribution is -0.125. The molecule has 0 aliphatic heterocycles. The Kier molecular flexibility index (Phi) is 9.44. The number of nitrogens with two attached hydrogens (primary N) is 2. The van der Waals surface area contributed by atoms with Gasteiger partial charge in [0.15, 0.2) is 6.61 Å². The van der Waals surface area contributed by atoms with Gasteiger partial charge in [-0.2, -0.15) is 0 Å². The number of hydrogen-bond acceptors (Lipinski definition) is 5. The van der Waals surface area contributed by atoms with Crippen LogP contribution in [0.5, 0.6) is 5.75 Å². The maximum atomic E-state index is 11.8. The first-order valence-corrected chi connectivity index (χ1v) is 7.14. The molecule has 8 nitrogen and oxygen atoms in total. The minimum absolute atomic E-state index is 0. The number of ether oxygens (including phenoxy) is 1. The van der Waals surface area contributed by atoms with Crippen molar-refractivity contribution < 1.29 is 19.1 Å². The van der Waals surface area contributed by atoms with Crippen LogP contribution in [0, 0.1) is 5.92 Å². The predicted molar refractivity (Wildman–Crippen MR) is 92.8 cm³/mol. The zero-order valence-corrected chi connectivity index (χ0v) is 14.4. The molecule has 134 valence electrons. The topological polar surface area (TPSA) is 137 Å². The number of nitrogens with one attached hydrogen (secondary N) is 2. The van der Waals surface area contributed by atoms with Gasteiger partial charge in [0, 0.05) is 11.8 Å². The summed E-state index contributed by atoms with van der Waals surface area (Å²) in [6, 6.07) is 5.81. The van der Waals surface area contributed by atoms with Gasteiger partial charge in [0.25, 0.3) is 5.91 Å². The molecule has 0 saturated heterocycles. The van der Waals surface area contributed by atoms with Crippen LogP contribution in [-0.2, 0) is 14.4 Å². The van der Waals surface area contributed by atoms with Crippen LogP contribution in [0.2, 0.25) is 0 Å². The molecular weight excluding hydrogens is 336 g/mol. The lowest BCUT2D eigenvalue weighted by Gasteiger charge is -2.15. The second-order valence-electron chi connectivity index (χ2n) is 5.32. The van der Waals surface area contributed by atoms with E-state index in [0.717, 1.165) is 0 Å². The van der Waals surface area contributed by atoms with E-state index < -0.39 is 17.9 Å². The Morgan fingerprint density at radius 3 is 2.50 bits per heavy atom. The van der Waals surface area contributed by atoms with Gasteiger partial charge in [-0.15, -0.1) is 12.4 Å². The molecule has 0 spiro atoms. The van der Waals surface area contributed by atoms with Crippen LogP contribution in [0.3, 0.4) is 0 Å².